The van der Waals surface area contributed by atoms with Crippen LogP contribution in [0.25, 0.3) is 0 Å². The summed E-state index contributed by atoms with van der Waals surface area (Å²) in [4.78, 5) is 11.9. The highest BCUT2D eigenvalue weighted by Crippen LogP contribution is 2.24. The number of hydrogen-bond acceptors (Lipinski definition) is 3. The fraction of sp³-hybridized carbons (Fsp3) is 0.462. The van der Waals surface area contributed by atoms with E-state index < -0.39 is 0 Å². The van der Waals surface area contributed by atoms with E-state index in [1.54, 1.807) is 20.3 Å². The van der Waals surface area contributed by atoms with Crippen molar-refractivity contribution in [1.82, 2.24) is 0 Å². The smallest absolute Gasteiger partial charge is 0.166 e. The maximum Gasteiger partial charge on any atom is 0.166 e. The van der Waals surface area contributed by atoms with Gasteiger partial charge in [0.1, 0.15) is 5.75 Å². The highest BCUT2D eigenvalue weighted by molar-refractivity contribution is 5.99. The van der Waals surface area contributed by atoms with Crippen molar-refractivity contribution >= 4 is 5.78 Å². The average Bonchev–Trinajstić information content (AvgIpc) is 2.29. The quantitative estimate of drug-likeness (QED) is 0.548. The summed E-state index contributed by atoms with van der Waals surface area (Å²) in [6.07, 6.45) is 1.24. The Kier molecular flexibility index (Phi) is 4.99. The Labute approximate surface area is 96.4 Å². The lowest BCUT2D eigenvalue weighted by Gasteiger charge is -2.10. The Balaban J connectivity index is 2.78. The first kappa shape index (κ1) is 12.7. The lowest BCUT2D eigenvalue weighted by molar-refractivity contribution is 0.0960. The van der Waals surface area contributed by atoms with E-state index in [1.807, 2.05) is 19.1 Å². The second kappa shape index (κ2) is 6.28. The highest BCUT2D eigenvalue weighted by atomic mass is 16.5. The molecule has 0 aromatic heterocycles. The number of carbonyl (C=O) groups excluding carboxylic acids is 1. The molecule has 1 aromatic carbocycles. The first-order valence-electron chi connectivity index (χ1n) is 5.36. The predicted molar refractivity (Wildman–Crippen MR) is 63.2 cm³/mol. The molecule has 3 nitrogen and oxygen atoms in total. The molecule has 0 amide bonds. The number of Topliss-reactive ketones (excluding diaryl/α,β-unsaturated/α-hetero) is 1. The molecule has 0 bridgehead atoms. The highest BCUT2D eigenvalue weighted by Gasteiger charge is 2.13. The van der Waals surface area contributed by atoms with Crippen LogP contribution in [0, 0.1) is 6.92 Å². The van der Waals surface area contributed by atoms with Crippen molar-refractivity contribution in [2.24, 2.45) is 0 Å². The third-order valence-electron chi connectivity index (χ3n) is 2.47. The molecule has 0 aliphatic heterocycles. The van der Waals surface area contributed by atoms with Crippen LogP contribution in [-0.2, 0) is 4.74 Å². The van der Waals surface area contributed by atoms with Gasteiger partial charge < -0.3 is 9.47 Å². The minimum absolute atomic E-state index is 0.109. The number of aryl methyl sites for hydroxylation is 1. The molecule has 0 radical (unpaired) electrons. The van der Waals surface area contributed by atoms with Crippen LogP contribution in [0.4, 0.5) is 0 Å². The molecule has 0 aliphatic rings. The van der Waals surface area contributed by atoms with E-state index in [9.17, 15) is 4.79 Å². The van der Waals surface area contributed by atoms with Gasteiger partial charge in [-0.05, 0) is 25.0 Å². The third kappa shape index (κ3) is 3.07. The third-order valence-corrected chi connectivity index (χ3v) is 2.47. The number of hydrogen-bond donors (Lipinski definition) is 0. The first-order chi connectivity index (χ1) is 7.70. The topological polar surface area (TPSA) is 35.5 Å². The van der Waals surface area contributed by atoms with Gasteiger partial charge >= 0.3 is 0 Å². The van der Waals surface area contributed by atoms with Gasteiger partial charge in [0.05, 0.1) is 12.7 Å². The molecule has 1 rings (SSSR count). The molecule has 0 spiro atoms. The predicted octanol–water partition coefficient (Wildman–Crippen LogP) is 2.61. The van der Waals surface area contributed by atoms with E-state index in [-0.39, 0.29) is 5.78 Å². The number of ether oxygens (including phenoxy) is 2. The molecule has 0 heterocycles. The summed E-state index contributed by atoms with van der Waals surface area (Å²) in [5.74, 6) is 0.794. The second-order valence-electron chi connectivity index (χ2n) is 3.68. The van der Waals surface area contributed by atoms with Crippen LogP contribution in [0.2, 0.25) is 0 Å². The number of ketones is 1. The van der Waals surface area contributed by atoms with E-state index in [4.69, 9.17) is 9.47 Å². The molecule has 88 valence electrons. The van der Waals surface area contributed by atoms with Crippen molar-refractivity contribution < 1.29 is 14.3 Å². The summed E-state index contributed by atoms with van der Waals surface area (Å²) < 4.78 is 10.2. The Hall–Kier alpha value is -1.35. The maximum atomic E-state index is 11.9. The Bertz CT molecular complexity index is 358. The minimum Gasteiger partial charge on any atom is -0.496 e. The van der Waals surface area contributed by atoms with E-state index in [1.165, 1.54) is 0 Å². The van der Waals surface area contributed by atoms with Crippen LogP contribution in [-0.4, -0.2) is 26.6 Å². The molecule has 0 N–H and O–H groups in total. The van der Waals surface area contributed by atoms with Gasteiger partial charge in [0.25, 0.3) is 0 Å². The van der Waals surface area contributed by atoms with E-state index in [2.05, 4.69) is 0 Å². The summed E-state index contributed by atoms with van der Waals surface area (Å²) in [5, 5.41) is 0. The van der Waals surface area contributed by atoms with E-state index in [0.29, 0.717) is 24.3 Å². The zero-order chi connectivity index (χ0) is 12.0. The van der Waals surface area contributed by atoms with Gasteiger partial charge in [-0.2, -0.15) is 0 Å². The fourth-order valence-electron chi connectivity index (χ4n) is 1.65. The molecular weight excluding hydrogens is 204 g/mol. The summed E-state index contributed by atoms with van der Waals surface area (Å²) >= 11 is 0. The molecule has 0 fully saturated rings. The van der Waals surface area contributed by atoms with Crippen molar-refractivity contribution in [1.29, 1.82) is 0 Å². The van der Waals surface area contributed by atoms with E-state index >= 15 is 0 Å². The average molecular weight is 222 g/mol. The monoisotopic (exact) mass is 222 g/mol. The molecule has 0 saturated heterocycles. The zero-order valence-corrected chi connectivity index (χ0v) is 10.1. The normalized spacial score (nSPS) is 10.2. The summed E-state index contributed by atoms with van der Waals surface area (Å²) in [6, 6.07) is 5.62. The van der Waals surface area contributed by atoms with Crippen LogP contribution >= 0.6 is 0 Å². The van der Waals surface area contributed by atoms with Crippen molar-refractivity contribution in [3.8, 4) is 5.75 Å². The van der Waals surface area contributed by atoms with Gasteiger partial charge in [-0.1, -0.05) is 12.1 Å². The lowest BCUT2D eigenvalue weighted by atomic mass is 10.0. The maximum absolute atomic E-state index is 11.9. The lowest BCUT2D eigenvalue weighted by Crippen LogP contribution is -2.04. The Morgan fingerprint density at radius 1 is 1.31 bits per heavy atom. The van der Waals surface area contributed by atoms with Gasteiger partial charge in [0, 0.05) is 20.1 Å². The van der Waals surface area contributed by atoms with Crippen molar-refractivity contribution in [2.75, 3.05) is 20.8 Å². The largest absolute Gasteiger partial charge is 0.496 e. The van der Waals surface area contributed by atoms with Crippen LogP contribution in [0.15, 0.2) is 18.2 Å². The standard InChI is InChI=1S/C13H18O3/c1-10-6-4-7-11(13(10)16-3)12(14)8-5-9-15-2/h4,6-7H,5,8-9H2,1-3H3. The van der Waals surface area contributed by atoms with Crippen LogP contribution in [0.1, 0.15) is 28.8 Å². The van der Waals surface area contributed by atoms with Crippen molar-refractivity contribution in [3.63, 3.8) is 0 Å². The minimum atomic E-state index is 0.109. The van der Waals surface area contributed by atoms with Gasteiger partial charge in [-0.3, -0.25) is 4.79 Å². The molecule has 0 saturated carbocycles. The fourth-order valence-corrected chi connectivity index (χ4v) is 1.65. The van der Waals surface area contributed by atoms with E-state index in [0.717, 1.165) is 12.0 Å². The van der Waals surface area contributed by atoms with Crippen molar-refractivity contribution in [2.45, 2.75) is 19.8 Å². The SMILES string of the molecule is COCCCC(=O)c1cccc(C)c1OC. The van der Waals surface area contributed by atoms with Crippen LogP contribution in [0.5, 0.6) is 5.75 Å². The zero-order valence-electron chi connectivity index (χ0n) is 10.1. The molecule has 0 unspecified atom stereocenters. The van der Waals surface area contributed by atoms with Gasteiger partial charge in [-0.25, -0.2) is 0 Å². The van der Waals surface area contributed by atoms with Gasteiger partial charge in [-0.15, -0.1) is 0 Å². The molecule has 0 aliphatic carbocycles. The molecule has 16 heavy (non-hydrogen) atoms. The van der Waals surface area contributed by atoms with Crippen molar-refractivity contribution in [3.05, 3.63) is 29.3 Å². The number of rotatable bonds is 6. The first-order valence-corrected chi connectivity index (χ1v) is 5.36. The van der Waals surface area contributed by atoms with Gasteiger partial charge in [0.2, 0.25) is 0 Å². The second-order valence-corrected chi connectivity index (χ2v) is 3.68. The summed E-state index contributed by atoms with van der Waals surface area (Å²) in [7, 11) is 3.23. The Morgan fingerprint density at radius 3 is 2.69 bits per heavy atom. The molecule has 0 atom stereocenters. The molecular formula is C13H18O3. The van der Waals surface area contributed by atoms with Gasteiger partial charge in [0.15, 0.2) is 5.78 Å². The number of carbonyl (C=O) groups is 1. The number of para-hydroxylation sites is 1. The molecule has 1 aromatic rings. The Morgan fingerprint density at radius 2 is 2.06 bits per heavy atom. The number of methoxy groups -OCH3 is 2. The summed E-state index contributed by atoms with van der Waals surface area (Å²) in [6.45, 7) is 2.55. The molecule has 3 heteroatoms. The van der Waals surface area contributed by atoms with Crippen LogP contribution in [0.3, 0.4) is 0 Å². The van der Waals surface area contributed by atoms with Crippen LogP contribution < -0.4 is 4.74 Å². The number of benzene rings is 1. The summed E-state index contributed by atoms with van der Waals surface area (Å²) in [5.41, 5.74) is 1.65.